The van der Waals surface area contributed by atoms with Gasteiger partial charge in [0.15, 0.2) is 0 Å². The van der Waals surface area contributed by atoms with E-state index in [0.717, 1.165) is 11.3 Å². The molecule has 2 aromatic rings. The Balaban J connectivity index is 1.43. The Morgan fingerprint density at radius 2 is 1.79 bits per heavy atom. The van der Waals surface area contributed by atoms with Crippen molar-refractivity contribution < 1.29 is 13.2 Å². The Morgan fingerprint density at radius 3 is 2.36 bits per heavy atom. The van der Waals surface area contributed by atoms with Crippen molar-refractivity contribution in [2.45, 2.75) is 10.8 Å². The van der Waals surface area contributed by atoms with E-state index in [-0.39, 0.29) is 12.5 Å². The highest BCUT2D eigenvalue weighted by Gasteiger charge is 2.29. The summed E-state index contributed by atoms with van der Waals surface area (Å²) in [6, 6.07) is 11.4. The zero-order valence-electron chi connectivity index (χ0n) is 16.2. The molecule has 0 atom stereocenters. The van der Waals surface area contributed by atoms with Crippen molar-refractivity contribution in [2.75, 3.05) is 51.7 Å². The number of hydrogen-bond acceptors (Lipinski definition) is 6. The molecule has 1 N–H and O–H groups in total. The van der Waals surface area contributed by atoms with Crippen molar-refractivity contribution in [3.8, 4) is 0 Å². The molecule has 0 unspecified atom stereocenters. The van der Waals surface area contributed by atoms with Crippen molar-refractivity contribution in [1.82, 2.24) is 14.5 Å². The van der Waals surface area contributed by atoms with E-state index in [1.807, 2.05) is 48.2 Å². The van der Waals surface area contributed by atoms with Crippen molar-refractivity contribution in [2.24, 2.45) is 0 Å². The third-order valence-corrected chi connectivity index (χ3v) is 8.00. The highest BCUT2D eigenvalue weighted by atomic mass is 32.2. The molecule has 0 bridgehead atoms. The molecule has 28 heavy (non-hydrogen) atoms. The van der Waals surface area contributed by atoms with Crippen LogP contribution in [0.1, 0.15) is 5.56 Å². The van der Waals surface area contributed by atoms with Crippen LogP contribution in [0.2, 0.25) is 0 Å². The molecule has 1 aliphatic rings. The highest BCUT2D eigenvalue weighted by molar-refractivity contribution is 7.91. The minimum atomic E-state index is -3.41. The molecule has 1 fully saturated rings. The maximum absolute atomic E-state index is 12.5. The minimum Gasteiger partial charge on any atom is -0.378 e. The van der Waals surface area contributed by atoms with E-state index < -0.39 is 10.0 Å². The molecule has 1 saturated heterocycles. The minimum absolute atomic E-state index is 0.0498. The van der Waals surface area contributed by atoms with Gasteiger partial charge in [-0.15, -0.1) is 11.3 Å². The van der Waals surface area contributed by atoms with Crippen LogP contribution in [0.15, 0.2) is 46.0 Å². The molecule has 0 saturated carbocycles. The lowest BCUT2D eigenvalue weighted by atomic mass is 10.2. The summed E-state index contributed by atoms with van der Waals surface area (Å²) in [5, 5.41) is 4.70. The van der Waals surface area contributed by atoms with Crippen LogP contribution < -0.4 is 10.2 Å². The first kappa shape index (κ1) is 20.8. The number of nitrogens with one attached hydrogen (secondary N) is 1. The van der Waals surface area contributed by atoms with Crippen molar-refractivity contribution in [1.29, 1.82) is 0 Å². The molecule has 9 heteroatoms. The summed E-state index contributed by atoms with van der Waals surface area (Å²) in [6.07, 6.45) is 0. The first-order chi connectivity index (χ1) is 13.4. The third-order valence-electron chi connectivity index (χ3n) is 4.73. The van der Waals surface area contributed by atoms with E-state index in [9.17, 15) is 13.2 Å². The lowest BCUT2D eigenvalue weighted by Crippen LogP contribution is -2.50. The predicted molar refractivity (Wildman–Crippen MR) is 112 cm³/mol. The van der Waals surface area contributed by atoms with Gasteiger partial charge in [-0.2, -0.15) is 4.31 Å². The fraction of sp³-hybridized carbons (Fsp3) is 0.421. The molecule has 1 aromatic carbocycles. The van der Waals surface area contributed by atoms with Gasteiger partial charge in [-0.05, 0) is 29.1 Å². The van der Waals surface area contributed by atoms with E-state index in [2.05, 4.69) is 5.32 Å². The fourth-order valence-electron chi connectivity index (χ4n) is 3.04. The lowest BCUT2D eigenvalue weighted by Gasteiger charge is -2.33. The summed E-state index contributed by atoms with van der Waals surface area (Å²) in [5.74, 6) is -0.0498. The van der Waals surface area contributed by atoms with Gasteiger partial charge in [0.2, 0.25) is 5.91 Å². The number of anilines is 1. The Morgan fingerprint density at radius 1 is 1.11 bits per heavy atom. The normalized spacial score (nSPS) is 16.1. The maximum Gasteiger partial charge on any atom is 0.252 e. The van der Waals surface area contributed by atoms with Gasteiger partial charge in [0.05, 0.1) is 6.54 Å². The van der Waals surface area contributed by atoms with Crippen LogP contribution in [0.4, 0.5) is 5.69 Å². The molecule has 152 valence electrons. The maximum atomic E-state index is 12.5. The van der Waals surface area contributed by atoms with Crippen LogP contribution >= 0.6 is 11.3 Å². The second-order valence-corrected chi connectivity index (χ2v) is 10.1. The standard InChI is InChI=1S/C19H26N4O3S2/c1-21(2)17-7-5-16(6-8-17)14-20-18(24)15-22-9-11-23(12-10-22)28(25,26)19-4-3-13-27-19/h3-8,13H,9-12,14-15H2,1-2H3,(H,20,24). The van der Waals surface area contributed by atoms with Gasteiger partial charge < -0.3 is 10.2 Å². The number of carbonyl (C=O) groups excluding carboxylic acids is 1. The van der Waals surface area contributed by atoms with Crippen LogP contribution in [-0.2, 0) is 21.4 Å². The quantitative estimate of drug-likeness (QED) is 0.731. The van der Waals surface area contributed by atoms with Crippen molar-refractivity contribution >= 4 is 33.0 Å². The van der Waals surface area contributed by atoms with Gasteiger partial charge in [-0.1, -0.05) is 18.2 Å². The summed E-state index contributed by atoms with van der Waals surface area (Å²) >= 11 is 1.23. The number of piperazine rings is 1. The average molecular weight is 423 g/mol. The zero-order chi connectivity index (χ0) is 20.1. The number of hydrogen-bond donors (Lipinski definition) is 1. The number of nitrogens with zero attached hydrogens (tertiary/aromatic N) is 3. The third kappa shape index (κ3) is 5.11. The Kier molecular flexibility index (Phi) is 6.71. The van der Waals surface area contributed by atoms with Crippen LogP contribution in [-0.4, -0.2) is 70.3 Å². The number of rotatable bonds is 7. The molecule has 3 rings (SSSR count). The van der Waals surface area contributed by atoms with Gasteiger partial charge in [0.25, 0.3) is 10.0 Å². The van der Waals surface area contributed by atoms with Gasteiger partial charge in [0.1, 0.15) is 4.21 Å². The zero-order valence-corrected chi connectivity index (χ0v) is 17.8. The number of thiophene rings is 1. The van der Waals surface area contributed by atoms with Gasteiger partial charge >= 0.3 is 0 Å². The molecule has 7 nitrogen and oxygen atoms in total. The summed E-state index contributed by atoms with van der Waals surface area (Å²) in [5.41, 5.74) is 2.16. The van der Waals surface area contributed by atoms with E-state index in [4.69, 9.17) is 0 Å². The molecule has 0 spiro atoms. The summed E-state index contributed by atoms with van der Waals surface area (Å²) in [6.45, 7) is 2.67. The van der Waals surface area contributed by atoms with E-state index >= 15 is 0 Å². The number of amides is 1. The molecular formula is C19H26N4O3S2. The largest absolute Gasteiger partial charge is 0.378 e. The van der Waals surface area contributed by atoms with E-state index in [1.54, 1.807) is 17.5 Å². The molecule has 1 amide bonds. The molecule has 1 aromatic heterocycles. The second-order valence-electron chi connectivity index (χ2n) is 6.95. The predicted octanol–water partition coefficient (Wildman–Crippen LogP) is 1.44. The molecule has 2 heterocycles. The van der Waals surface area contributed by atoms with Crippen LogP contribution in [0.3, 0.4) is 0 Å². The first-order valence-electron chi connectivity index (χ1n) is 9.15. The molecule has 0 aliphatic carbocycles. The second kappa shape index (κ2) is 9.04. The Hall–Kier alpha value is -1.94. The smallest absolute Gasteiger partial charge is 0.252 e. The molecule has 1 aliphatic heterocycles. The topological polar surface area (TPSA) is 73.0 Å². The van der Waals surface area contributed by atoms with Crippen molar-refractivity contribution in [3.05, 3.63) is 47.3 Å². The SMILES string of the molecule is CN(C)c1ccc(CNC(=O)CN2CCN(S(=O)(=O)c3cccs3)CC2)cc1. The monoisotopic (exact) mass is 422 g/mol. The number of sulfonamides is 1. The Bertz CT molecular complexity index is 872. The summed E-state index contributed by atoms with van der Waals surface area (Å²) in [7, 11) is 0.571. The van der Waals surface area contributed by atoms with Gasteiger partial charge in [0, 0.05) is 52.5 Å². The van der Waals surface area contributed by atoms with Gasteiger partial charge in [-0.3, -0.25) is 9.69 Å². The van der Waals surface area contributed by atoms with Crippen LogP contribution in [0, 0.1) is 0 Å². The Labute approximate surface area is 170 Å². The average Bonchev–Trinajstić information content (AvgIpc) is 3.23. The molecule has 0 radical (unpaired) electrons. The van der Waals surface area contributed by atoms with E-state index in [1.165, 1.54) is 15.6 Å². The van der Waals surface area contributed by atoms with Crippen LogP contribution in [0.25, 0.3) is 0 Å². The van der Waals surface area contributed by atoms with Crippen molar-refractivity contribution in [3.63, 3.8) is 0 Å². The fourth-order valence-corrected chi connectivity index (χ4v) is 5.60. The highest BCUT2D eigenvalue weighted by Crippen LogP contribution is 2.22. The lowest BCUT2D eigenvalue weighted by molar-refractivity contribution is -0.122. The van der Waals surface area contributed by atoms with E-state index in [0.29, 0.717) is 36.9 Å². The molecular weight excluding hydrogens is 396 g/mol. The summed E-state index contributed by atoms with van der Waals surface area (Å²) in [4.78, 5) is 16.3. The number of benzene rings is 1. The number of carbonyl (C=O) groups is 1. The first-order valence-corrected chi connectivity index (χ1v) is 11.5. The van der Waals surface area contributed by atoms with Crippen LogP contribution in [0.5, 0.6) is 0 Å². The summed E-state index contributed by atoms with van der Waals surface area (Å²) < 4.78 is 26.9. The van der Waals surface area contributed by atoms with Gasteiger partial charge in [-0.25, -0.2) is 8.42 Å².